The number of nitrogens with one attached hydrogen (secondary N) is 2. The molecule has 2 aromatic carbocycles. The minimum atomic E-state index is -0.433. The van der Waals surface area contributed by atoms with Gasteiger partial charge >= 0.3 is 0 Å². The molecule has 1 aromatic heterocycles. The molecule has 4 rings (SSSR count). The summed E-state index contributed by atoms with van der Waals surface area (Å²) in [5.41, 5.74) is 4.07. The number of carbonyl (C=O) groups excluding carboxylic acids is 2. The first kappa shape index (κ1) is 17.3. The fourth-order valence-corrected chi connectivity index (χ4v) is 3.70. The summed E-state index contributed by atoms with van der Waals surface area (Å²) in [7, 11) is 0. The number of amides is 2. The molecule has 0 bridgehead atoms. The number of likely N-dealkylation sites (tertiary alicyclic amines) is 1. The second-order valence-corrected chi connectivity index (χ2v) is 6.98. The van der Waals surface area contributed by atoms with E-state index >= 15 is 0 Å². The third kappa shape index (κ3) is 3.45. The van der Waals surface area contributed by atoms with Gasteiger partial charge < -0.3 is 15.2 Å². The van der Waals surface area contributed by atoms with Gasteiger partial charge in [0.25, 0.3) is 0 Å². The van der Waals surface area contributed by atoms with Crippen molar-refractivity contribution in [2.75, 3.05) is 5.32 Å². The summed E-state index contributed by atoms with van der Waals surface area (Å²) in [6.45, 7) is 2.54. The average molecular weight is 361 g/mol. The van der Waals surface area contributed by atoms with Crippen molar-refractivity contribution in [3.8, 4) is 0 Å². The number of carbonyl (C=O) groups is 2. The number of aromatic nitrogens is 1. The largest absolute Gasteiger partial charge is 0.361 e. The van der Waals surface area contributed by atoms with E-state index in [9.17, 15) is 9.59 Å². The lowest BCUT2D eigenvalue weighted by atomic mass is 10.1. The molecule has 0 radical (unpaired) electrons. The van der Waals surface area contributed by atoms with Crippen LogP contribution in [-0.4, -0.2) is 27.7 Å². The van der Waals surface area contributed by atoms with Crippen LogP contribution in [-0.2, 0) is 22.6 Å². The van der Waals surface area contributed by atoms with Crippen LogP contribution in [0.4, 0.5) is 5.69 Å². The number of fused-ring (bicyclic) bond motifs is 1. The van der Waals surface area contributed by atoms with E-state index in [1.165, 1.54) is 5.56 Å². The first-order valence-corrected chi connectivity index (χ1v) is 9.40. The van der Waals surface area contributed by atoms with Crippen molar-refractivity contribution < 1.29 is 9.59 Å². The molecule has 5 nitrogen and oxygen atoms in total. The molecule has 1 fully saturated rings. The summed E-state index contributed by atoms with van der Waals surface area (Å²) < 4.78 is 0. The Labute approximate surface area is 158 Å². The zero-order valence-electron chi connectivity index (χ0n) is 15.4. The smallest absolute Gasteiger partial charge is 0.247 e. The summed E-state index contributed by atoms with van der Waals surface area (Å²) in [4.78, 5) is 30.2. The SMILES string of the molecule is CCc1ccc(NC(=O)C2CCC(=O)N2Cc2c[nH]c3ccccc23)cc1. The molecule has 0 aliphatic carbocycles. The van der Waals surface area contributed by atoms with Crippen LogP contribution < -0.4 is 5.32 Å². The third-order valence-electron chi connectivity index (χ3n) is 5.28. The molecule has 2 N–H and O–H groups in total. The quantitative estimate of drug-likeness (QED) is 0.725. The van der Waals surface area contributed by atoms with E-state index in [-0.39, 0.29) is 11.8 Å². The molecule has 138 valence electrons. The number of hydrogen-bond acceptors (Lipinski definition) is 2. The highest BCUT2D eigenvalue weighted by Crippen LogP contribution is 2.26. The van der Waals surface area contributed by atoms with Crippen LogP contribution in [0.2, 0.25) is 0 Å². The number of aromatic amines is 1. The summed E-state index contributed by atoms with van der Waals surface area (Å²) in [6.07, 6.45) is 3.85. The number of nitrogens with zero attached hydrogens (tertiary/aromatic N) is 1. The molecule has 2 amide bonds. The minimum absolute atomic E-state index is 0.0294. The number of hydrogen-bond donors (Lipinski definition) is 2. The number of aryl methyl sites for hydroxylation is 1. The zero-order valence-corrected chi connectivity index (χ0v) is 15.4. The maximum atomic E-state index is 12.8. The monoisotopic (exact) mass is 361 g/mol. The fraction of sp³-hybridized carbons (Fsp3) is 0.273. The average Bonchev–Trinajstić information content (AvgIpc) is 3.27. The molecule has 27 heavy (non-hydrogen) atoms. The van der Waals surface area contributed by atoms with Gasteiger partial charge in [-0.3, -0.25) is 9.59 Å². The molecular weight excluding hydrogens is 338 g/mol. The predicted molar refractivity (Wildman–Crippen MR) is 106 cm³/mol. The Morgan fingerprint density at radius 1 is 1.19 bits per heavy atom. The molecule has 2 heterocycles. The van der Waals surface area contributed by atoms with E-state index in [1.807, 2.05) is 54.7 Å². The van der Waals surface area contributed by atoms with Gasteiger partial charge in [-0.1, -0.05) is 37.3 Å². The van der Waals surface area contributed by atoms with Crippen LogP contribution in [0.15, 0.2) is 54.7 Å². The first-order chi connectivity index (χ1) is 13.2. The van der Waals surface area contributed by atoms with E-state index in [2.05, 4.69) is 17.2 Å². The van der Waals surface area contributed by atoms with Gasteiger partial charge in [0, 0.05) is 35.8 Å². The van der Waals surface area contributed by atoms with Gasteiger partial charge in [-0.25, -0.2) is 0 Å². The lowest BCUT2D eigenvalue weighted by Crippen LogP contribution is -2.41. The van der Waals surface area contributed by atoms with Crippen molar-refractivity contribution in [1.82, 2.24) is 9.88 Å². The molecule has 5 heteroatoms. The van der Waals surface area contributed by atoms with Crippen LogP contribution in [0.25, 0.3) is 10.9 Å². The van der Waals surface area contributed by atoms with Crippen LogP contribution in [0.3, 0.4) is 0 Å². The first-order valence-electron chi connectivity index (χ1n) is 9.40. The van der Waals surface area contributed by atoms with Crippen LogP contribution >= 0.6 is 0 Å². The third-order valence-corrected chi connectivity index (χ3v) is 5.28. The van der Waals surface area contributed by atoms with Gasteiger partial charge in [-0.05, 0) is 42.2 Å². The Morgan fingerprint density at radius 3 is 2.74 bits per heavy atom. The fourth-order valence-electron chi connectivity index (χ4n) is 3.70. The van der Waals surface area contributed by atoms with Crippen molar-refractivity contribution >= 4 is 28.4 Å². The highest BCUT2D eigenvalue weighted by Gasteiger charge is 2.36. The summed E-state index contributed by atoms with van der Waals surface area (Å²) in [5.74, 6) is -0.0910. The molecule has 1 atom stereocenters. The zero-order chi connectivity index (χ0) is 18.8. The van der Waals surface area contributed by atoms with E-state index in [0.717, 1.165) is 28.6 Å². The molecule has 0 spiro atoms. The van der Waals surface area contributed by atoms with Gasteiger partial charge in [0.1, 0.15) is 6.04 Å². The van der Waals surface area contributed by atoms with Crippen molar-refractivity contribution in [2.24, 2.45) is 0 Å². The second-order valence-electron chi connectivity index (χ2n) is 6.98. The van der Waals surface area contributed by atoms with Crippen molar-refractivity contribution in [2.45, 2.75) is 38.8 Å². The number of rotatable bonds is 5. The molecule has 0 saturated carbocycles. The normalized spacial score (nSPS) is 16.9. The molecule has 1 aliphatic rings. The Bertz CT molecular complexity index is 975. The van der Waals surface area contributed by atoms with Gasteiger partial charge in [-0.2, -0.15) is 0 Å². The molecule has 3 aromatic rings. The second kappa shape index (κ2) is 7.27. The number of benzene rings is 2. The van der Waals surface area contributed by atoms with Crippen molar-refractivity contribution in [1.29, 1.82) is 0 Å². The van der Waals surface area contributed by atoms with Gasteiger partial charge in [-0.15, -0.1) is 0 Å². The topological polar surface area (TPSA) is 65.2 Å². The minimum Gasteiger partial charge on any atom is -0.361 e. The molecular formula is C22H23N3O2. The molecule has 1 saturated heterocycles. The van der Waals surface area contributed by atoms with Gasteiger partial charge in [0.05, 0.1) is 0 Å². The lowest BCUT2D eigenvalue weighted by molar-refractivity contribution is -0.133. The lowest BCUT2D eigenvalue weighted by Gasteiger charge is -2.24. The summed E-state index contributed by atoms with van der Waals surface area (Å²) in [6, 6.07) is 15.4. The van der Waals surface area contributed by atoms with Crippen LogP contribution in [0.5, 0.6) is 0 Å². The number of para-hydroxylation sites is 1. The Kier molecular flexibility index (Phi) is 4.67. The van der Waals surface area contributed by atoms with E-state index < -0.39 is 6.04 Å². The number of H-pyrrole nitrogens is 1. The molecule has 1 unspecified atom stereocenters. The van der Waals surface area contributed by atoms with Crippen molar-refractivity contribution in [3.63, 3.8) is 0 Å². The van der Waals surface area contributed by atoms with Crippen molar-refractivity contribution in [3.05, 3.63) is 65.9 Å². The predicted octanol–water partition coefficient (Wildman–Crippen LogP) is 3.86. The van der Waals surface area contributed by atoms with E-state index in [1.54, 1.807) is 4.90 Å². The Balaban J connectivity index is 1.51. The van der Waals surface area contributed by atoms with Gasteiger partial charge in [0.15, 0.2) is 0 Å². The molecule has 1 aliphatic heterocycles. The van der Waals surface area contributed by atoms with Gasteiger partial charge in [0.2, 0.25) is 11.8 Å². The van der Waals surface area contributed by atoms with Crippen LogP contribution in [0.1, 0.15) is 30.9 Å². The number of anilines is 1. The van der Waals surface area contributed by atoms with E-state index in [0.29, 0.717) is 19.4 Å². The standard InChI is InChI=1S/C22H23N3O2/c1-2-15-7-9-17(10-8-15)24-22(27)20-11-12-21(26)25(20)14-16-13-23-19-6-4-3-5-18(16)19/h3-10,13,20,23H,2,11-12,14H2,1H3,(H,24,27). The Hall–Kier alpha value is -3.08. The highest BCUT2D eigenvalue weighted by molar-refractivity contribution is 5.99. The highest BCUT2D eigenvalue weighted by atomic mass is 16.2. The van der Waals surface area contributed by atoms with E-state index in [4.69, 9.17) is 0 Å². The Morgan fingerprint density at radius 2 is 1.96 bits per heavy atom. The summed E-state index contributed by atoms with van der Waals surface area (Å²) >= 11 is 0. The maximum absolute atomic E-state index is 12.8. The van der Waals surface area contributed by atoms with Crippen LogP contribution in [0, 0.1) is 0 Å². The maximum Gasteiger partial charge on any atom is 0.247 e. The summed E-state index contributed by atoms with van der Waals surface area (Å²) in [5, 5.41) is 4.05.